The fourth-order valence-electron chi connectivity index (χ4n) is 3.88. The highest BCUT2D eigenvalue weighted by molar-refractivity contribution is 5.99. The second kappa shape index (κ2) is 7.43. The molecular formula is C23H23N3O2. The van der Waals surface area contributed by atoms with Gasteiger partial charge in [0, 0.05) is 30.2 Å². The summed E-state index contributed by atoms with van der Waals surface area (Å²) in [6, 6.07) is 17.2. The number of amides is 2. The predicted octanol–water partition coefficient (Wildman–Crippen LogP) is 3.50. The van der Waals surface area contributed by atoms with Crippen molar-refractivity contribution in [2.75, 3.05) is 13.1 Å². The van der Waals surface area contributed by atoms with Crippen LogP contribution in [0.25, 0.3) is 22.0 Å². The zero-order valence-electron chi connectivity index (χ0n) is 16.1. The summed E-state index contributed by atoms with van der Waals surface area (Å²) in [6.45, 7) is 4.96. The third kappa shape index (κ3) is 3.24. The Balaban J connectivity index is 1.64. The third-order valence-corrected chi connectivity index (χ3v) is 5.24. The van der Waals surface area contributed by atoms with Crippen LogP contribution in [0.1, 0.15) is 24.2 Å². The van der Waals surface area contributed by atoms with Crippen LogP contribution in [0.4, 0.5) is 0 Å². The number of pyridine rings is 1. The van der Waals surface area contributed by atoms with Crippen LogP contribution in [0.3, 0.4) is 0 Å². The molecule has 0 unspecified atom stereocenters. The molecule has 5 heteroatoms. The summed E-state index contributed by atoms with van der Waals surface area (Å²) in [5.74, 6) is -0.110. The second-order valence-corrected chi connectivity index (χ2v) is 7.43. The Morgan fingerprint density at radius 2 is 1.86 bits per heavy atom. The fourth-order valence-corrected chi connectivity index (χ4v) is 3.88. The molecule has 142 valence electrons. The van der Waals surface area contributed by atoms with E-state index in [4.69, 9.17) is 0 Å². The van der Waals surface area contributed by atoms with Gasteiger partial charge in [0.15, 0.2) is 0 Å². The van der Waals surface area contributed by atoms with Gasteiger partial charge in [-0.05, 0) is 41.3 Å². The lowest BCUT2D eigenvalue weighted by molar-refractivity contribution is -0.129. The van der Waals surface area contributed by atoms with E-state index in [1.54, 1.807) is 11.1 Å². The van der Waals surface area contributed by atoms with Crippen LogP contribution in [-0.2, 0) is 4.79 Å². The number of carbonyl (C=O) groups is 2. The van der Waals surface area contributed by atoms with Crippen LogP contribution in [0.15, 0.2) is 60.8 Å². The summed E-state index contributed by atoms with van der Waals surface area (Å²) in [4.78, 5) is 31.4. The number of aromatic nitrogens is 1. The quantitative estimate of drug-likeness (QED) is 0.764. The molecule has 1 aromatic heterocycles. The molecule has 1 N–H and O–H groups in total. The highest BCUT2D eigenvalue weighted by Crippen LogP contribution is 2.28. The van der Waals surface area contributed by atoms with E-state index in [-0.39, 0.29) is 17.7 Å². The fraction of sp³-hybridized carbons (Fsp3) is 0.261. The monoisotopic (exact) mass is 373 g/mol. The SMILES string of the molecule is CC(C)[C@H]1C(=O)NCCN1C(=O)c1ccc(-c2ccnc3ccccc23)cc1. The van der Waals surface area contributed by atoms with E-state index in [2.05, 4.69) is 16.4 Å². The Morgan fingerprint density at radius 3 is 2.61 bits per heavy atom. The molecule has 0 saturated carbocycles. The number of nitrogens with zero attached hydrogens (tertiary/aromatic N) is 2. The van der Waals surface area contributed by atoms with Crippen molar-refractivity contribution in [2.24, 2.45) is 5.92 Å². The first-order chi connectivity index (χ1) is 13.6. The molecule has 5 nitrogen and oxygen atoms in total. The summed E-state index contributed by atoms with van der Waals surface area (Å²) >= 11 is 0. The Bertz CT molecular complexity index is 1020. The summed E-state index contributed by atoms with van der Waals surface area (Å²) in [6.07, 6.45) is 1.80. The van der Waals surface area contributed by atoms with Crippen molar-refractivity contribution in [2.45, 2.75) is 19.9 Å². The van der Waals surface area contributed by atoms with Gasteiger partial charge in [-0.1, -0.05) is 44.2 Å². The van der Waals surface area contributed by atoms with Gasteiger partial charge in [-0.3, -0.25) is 14.6 Å². The van der Waals surface area contributed by atoms with E-state index in [1.165, 1.54) is 0 Å². The molecule has 2 aromatic carbocycles. The molecule has 0 spiro atoms. The number of para-hydroxylation sites is 1. The molecule has 3 aromatic rings. The standard InChI is InChI=1S/C23H23N3O2/c1-15(2)21-22(27)25-13-14-26(21)23(28)17-9-7-16(8-10-17)18-11-12-24-20-6-4-3-5-19(18)20/h3-12,15,21H,13-14H2,1-2H3,(H,25,27)/t21-/m0/s1. The predicted molar refractivity (Wildman–Crippen MR) is 110 cm³/mol. The third-order valence-electron chi connectivity index (χ3n) is 5.24. The first kappa shape index (κ1) is 18.2. The van der Waals surface area contributed by atoms with Crippen molar-refractivity contribution in [3.05, 3.63) is 66.4 Å². The molecule has 1 aliphatic rings. The van der Waals surface area contributed by atoms with Crippen LogP contribution in [0.2, 0.25) is 0 Å². The van der Waals surface area contributed by atoms with E-state index in [1.807, 2.05) is 62.4 Å². The Morgan fingerprint density at radius 1 is 1.11 bits per heavy atom. The van der Waals surface area contributed by atoms with Crippen LogP contribution in [0, 0.1) is 5.92 Å². The molecule has 2 heterocycles. The van der Waals surface area contributed by atoms with E-state index < -0.39 is 6.04 Å². The zero-order chi connectivity index (χ0) is 19.7. The van der Waals surface area contributed by atoms with Crippen LogP contribution < -0.4 is 5.32 Å². The highest BCUT2D eigenvalue weighted by Gasteiger charge is 2.35. The number of carbonyl (C=O) groups excluding carboxylic acids is 2. The van der Waals surface area contributed by atoms with Gasteiger partial charge in [-0.2, -0.15) is 0 Å². The maximum Gasteiger partial charge on any atom is 0.254 e. The van der Waals surface area contributed by atoms with Crippen LogP contribution >= 0.6 is 0 Å². The van der Waals surface area contributed by atoms with Crippen molar-refractivity contribution in [3.63, 3.8) is 0 Å². The van der Waals surface area contributed by atoms with Gasteiger partial charge >= 0.3 is 0 Å². The zero-order valence-corrected chi connectivity index (χ0v) is 16.1. The average molecular weight is 373 g/mol. The number of benzene rings is 2. The minimum absolute atomic E-state index is 0.0618. The lowest BCUT2D eigenvalue weighted by atomic mass is 9.97. The van der Waals surface area contributed by atoms with Gasteiger partial charge < -0.3 is 10.2 Å². The average Bonchev–Trinajstić information content (AvgIpc) is 2.72. The molecular weight excluding hydrogens is 350 g/mol. The molecule has 28 heavy (non-hydrogen) atoms. The van der Waals surface area contributed by atoms with E-state index in [0.717, 1.165) is 22.0 Å². The second-order valence-electron chi connectivity index (χ2n) is 7.43. The Hall–Kier alpha value is -3.21. The minimum atomic E-state index is -0.426. The topological polar surface area (TPSA) is 62.3 Å². The summed E-state index contributed by atoms with van der Waals surface area (Å²) < 4.78 is 0. The molecule has 0 bridgehead atoms. The largest absolute Gasteiger partial charge is 0.353 e. The van der Waals surface area contributed by atoms with Gasteiger partial charge in [-0.25, -0.2) is 0 Å². The molecule has 0 aliphatic carbocycles. The lowest BCUT2D eigenvalue weighted by Crippen LogP contribution is -2.59. The first-order valence-corrected chi connectivity index (χ1v) is 9.59. The number of rotatable bonds is 3. The number of nitrogens with one attached hydrogen (secondary N) is 1. The molecule has 4 rings (SSSR count). The van der Waals surface area contributed by atoms with Crippen LogP contribution in [0.5, 0.6) is 0 Å². The molecule has 1 fully saturated rings. The van der Waals surface area contributed by atoms with Crippen molar-refractivity contribution < 1.29 is 9.59 Å². The summed E-state index contributed by atoms with van der Waals surface area (Å²) in [5.41, 5.74) is 3.66. The van der Waals surface area contributed by atoms with Crippen molar-refractivity contribution in [1.82, 2.24) is 15.2 Å². The van der Waals surface area contributed by atoms with Crippen molar-refractivity contribution in [3.8, 4) is 11.1 Å². The Labute approximate surface area is 164 Å². The number of hydrogen-bond acceptors (Lipinski definition) is 3. The summed E-state index contributed by atoms with van der Waals surface area (Å²) in [7, 11) is 0. The van der Waals surface area contributed by atoms with Gasteiger partial charge in [0.25, 0.3) is 5.91 Å². The summed E-state index contributed by atoms with van der Waals surface area (Å²) in [5, 5.41) is 3.94. The number of hydrogen-bond donors (Lipinski definition) is 1. The van der Waals surface area contributed by atoms with E-state index in [9.17, 15) is 9.59 Å². The molecule has 2 amide bonds. The molecule has 0 radical (unpaired) electrons. The van der Waals surface area contributed by atoms with Crippen molar-refractivity contribution in [1.29, 1.82) is 0 Å². The maximum atomic E-state index is 13.1. The molecule has 1 atom stereocenters. The number of fused-ring (bicyclic) bond motifs is 1. The minimum Gasteiger partial charge on any atom is -0.353 e. The van der Waals surface area contributed by atoms with Gasteiger partial charge in [0.1, 0.15) is 6.04 Å². The lowest BCUT2D eigenvalue weighted by Gasteiger charge is -2.37. The van der Waals surface area contributed by atoms with Gasteiger partial charge in [0.05, 0.1) is 5.52 Å². The Kier molecular flexibility index (Phi) is 4.82. The highest BCUT2D eigenvalue weighted by atomic mass is 16.2. The van der Waals surface area contributed by atoms with Crippen LogP contribution in [-0.4, -0.2) is 40.8 Å². The molecule has 1 aliphatic heterocycles. The van der Waals surface area contributed by atoms with E-state index >= 15 is 0 Å². The normalized spacial score (nSPS) is 17.0. The van der Waals surface area contributed by atoms with Gasteiger partial charge in [0.2, 0.25) is 5.91 Å². The smallest absolute Gasteiger partial charge is 0.254 e. The van der Waals surface area contributed by atoms with E-state index in [0.29, 0.717) is 18.7 Å². The number of piperazine rings is 1. The first-order valence-electron chi connectivity index (χ1n) is 9.59. The maximum absolute atomic E-state index is 13.1. The molecule has 1 saturated heterocycles. The van der Waals surface area contributed by atoms with Gasteiger partial charge in [-0.15, -0.1) is 0 Å². The van der Waals surface area contributed by atoms with Crippen molar-refractivity contribution >= 4 is 22.7 Å².